The highest BCUT2D eigenvalue weighted by molar-refractivity contribution is 5.93. The van der Waals surface area contributed by atoms with E-state index >= 15 is 0 Å². The van der Waals surface area contributed by atoms with Crippen molar-refractivity contribution in [3.05, 3.63) is 33.9 Å². The molecule has 0 saturated carbocycles. The fraction of sp³-hybridized carbons (Fsp3) is 0.462. The zero-order chi connectivity index (χ0) is 14.5. The number of hydrogen-bond acceptors (Lipinski definition) is 5. The Morgan fingerprint density at radius 1 is 1.36 bits per heavy atom. The maximum absolute atomic E-state index is 11.9. The molecule has 0 radical (unpaired) electrons. The first-order valence-corrected chi connectivity index (χ1v) is 6.54. The van der Waals surface area contributed by atoms with Crippen molar-refractivity contribution in [1.29, 1.82) is 0 Å². The number of halogens is 2. The Bertz CT molecular complexity index is 522. The molecule has 1 aliphatic rings. The molecule has 1 saturated heterocycles. The van der Waals surface area contributed by atoms with Crippen molar-refractivity contribution < 1.29 is 9.72 Å². The van der Waals surface area contributed by atoms with Crippen molar-refractivity contribution in [2.75, 3.05) is 38.0 Å². The van der Waals surface area contributed by atoms with Crippen LogP contribution in [0.2, 0.25) is 0 Å². The number of rotatable bonds is 4. The Hall–Kier alpha value is -1.41. The predicted molar refractivity (Wildman–Crippen MR) is 90.3 cm³/mol. The number of piperazine rings is 1. The van der Waals surface area contributed by atoms with Gasteiger partial charge in [-0.2, -0.15) is 0 Å². The average molecular weight is 351 g/mol. The number of nitro groups is 1. The van der Waals surface area contributed by atoms with E-state index in [1.54, 1.807) is 13.0 Å². The minimum Gasteiger partial charge on any atom is -0.325 e. The number of aryl methyl sites for hydroxylation is 1. The van der Waals surface area contributed by atoms with Gasteiger partial charge >= 0.3 is 0 Å². The Labute approximate surface area is 141 Å². The molecule has 0 aliphatic carbocycles. The lowest BCUT2D eigenvalue weighted by Crippen LogP contribution is -2.46. The maximum atomic E-state index is 11.9. The highest BCUT2D eigenvalue weighted by Gasteiger charge is 2.15. The van der Waals surface area contributed by atoms with Crippen molar-refractivity contribution in [2.24, 2.45) is 0 Å². The second-order valence-corrected chi connectivity index (χ2v) is 4.83. The normalized spacial score (nSPS) is 14.4. The lowest BCUT2D eigenvalue weighted by atomic mass is 10.2. The van der Waals surface area contributed by atoms with Crippen LogP contribution in [0.25, 0.3) is 0 Å². The van der Waals surface area contributed by atoms with Gasteiger partial charge in [-0.25, -0.2) is 0 Å². The van der Waals surface area contributed by atoms with E-state index in [1.807, 2.05) is 0 Å². The summed E-state index contributed by atoms with van der Waals surface area (Å²) in [5, 5.41) is 16.7. The molecule has 22 heavy (non-hydrogen) atoms. The minimum atomic E-state index is -0.445. The average Bonchev–Trinajstić information content (AvgIpc) is 2.42. The molecular weight excluding hydrogens is 331 g/mol. The highest BCUT2D eigenvalue weighted by atomic mass is 35.5. The number of nitro benzene ring substituents is 1. The van der Waals surface area contributed by atoms with Gasteiger partial charge < -0.3 is 10.6 Å². The van der Waals surface area contributed by atoms with Crippen LogP contribution in [0.5, 0.6) is 0 Å². The van der Waals surface area contributed by atoms with E-state index in [4.69, 9.17) is 0 Å². The molecule has 1 amide bonds. The summed E-state index contributed by atoms with van der Waals surface area (Å²) in [7, 11) is 0. The molecule has 9 heteroatoms. The van der Waals surface area contributed by atoms with E-state index in [0.717, 1.165) is 26.2 Å². The van der Waals surface area contributed by atoms with E-state index in [1.165, 1.54) is 12.1 Å². The van der Waals surface area contributed by atoms with E-state index in [-0.39, 0.29) is 36.4 Å². The minimum absolute atomic E-state index is 0. The summed E-state index contributed by atoms with van der Waals surface area (Å²) in [6.45, 7) is 5.58. The van der Waals surface area contributed by atoms with E-state index in [9.17, 15) is 14.9 Å². The quantitative estimate of drug-likeness (QED) is 0.635. The van der Waals surface area contributed by atoms with Gasteiger partial charge in [0, 0.05) is 44.0 Å². The van der Waals surface area contributed by atoms with Gasteiger partial charge in [0.2, 0.25) is 5.91 Å². The Morgan fingerprint density at radius 3 is 2.55 bits per heavy atom. The van der Waals surface area contributed by atoms with Crippen LogP contribution in [-0.2, 0) is 4.79 Å². The largest absolute Gasteiger partial charge is 0.325 e. The molecule has 0 unspecified atom stereocenters. The zero-order valence-electron chi connectivity index (χ0n) is 12.2. The number of amides is 1. The molecule has 1 fully saturated rings. The number of nitrogens with one attached hydrogen (secondary N) is 2. The van der Waals surface area contributed by atoms with Crippen LogP contribution in [0.4, 0.5) is 11.4 Å². The van der Waals surface area contributed by atoms with Gasteiger partial charge in [-0.05, 0) is 18.6 Å². The molecule has 0 atom stereocenters. The Morgan fingerprint density at radius 2 is 2.00 bits per heavy atom. The van der Waals surface area contributed by atoms with Crippen molar-refractivity contribution in [3.8, 4) is 0 Å². The van der Waals surface area contributed by atoms with Gasteiger partial charge in [0.1, 0.15) is 0 Å². The number of nitrogens with zero attached hydrogens (tertiary/aromatic N) is 2. The van der Waals surface area contributed by atoms with Crippen LogP contribution in [0.3, 0.4) is 0 Å². The summed E-state index contributed by atoms with van der Waals surface area (Å²) in [6.07, 6.45) is 0. The fourth-order valence-electron chi connectivity index (χ4n) is 2.16. The molecule has 1 aromatic rings. The van der Waals surface area contributed by atoms with Crippen LogP contribution < -0.4 is 10.6 Å². The first-order chi connectivity index (χ1) is 9.56. The molecule has 2 N–H and O–H groups in total. The number of non-ortho nitro benzene ring substituents is 1. The number of hydrogen-bond donors (Lipinski definition) is 2. The third kappa shape index (κ3) is 5.76. The first-order valence-electron chi connectivity index (χ1n) is 6.54. The second-order valence-electron chi connectivity index (χ2n) is 4.83. The zero-order valence-corrected chi connectivity index (χ0v) is 13.8. The number of carbonyl (C=O) groups excluding carboxylic acids is 1. The van der Waals surface area contributed by atoms with Crippen LogP contribution in [0, 0.1) is 17.0 Å². The van der Waals surface area contributed by atoms with Crippen molar-refractivity contribution >= 4 is 42.1 Å². The van der Waals surface area contributed by atoms with Crippen LogP contribution in [0.15, 0.2) is 18.2 Å². The molecule has 124 valence electrons. The SMILES string of the molecule is Cc1cc([N+](=O)[O-])ccc1NC(=O)CN1CCNCC1.Cl.Cl. The van der Waals surface area contributed by atoms with Crippen molar-refractivity contribution in [3.63, 3.8) is 0 Å². The monoisotopic (exact) mass is 350 g/mol. The summed E-state index contributed by atoms with van der Waals surface area (Å²) in [5.41, 5.74) is 1.34. The van der Waals surface area contributed by atoms with Gasteiger partial charge in [0.05, 0.1) is 11.5 Å². The smallest absolute Gasteiger partial charge is 0.269 e. The third-order valence-corrected chi connectivity index (χ3v) is 3.27. The summed E-state index contributed by atoms with van der Waals surface area (Å²) < 4.78 is 0. The first kappa shape index (κ1) is 20.6. The highest BCUT2D eigenvalue weighted by Crippen LogP contribution is 2.21. The summed E-state index contributed by atoms with van der Waals surface area (Å²) in [4.78, 5) is 24.2. The molecule has 1 aromatic carbocycles. The lowest BCUT2D eigenvalue weighted by molar-refractivity contribution is -0.384. The number of carbonyl (C=O) groups is 1. The Balaban J connectivity index is 0.00000220. The van der Waals surface area contributed by atoms with Gasteiger partial charge in [0.25, 0.3) is 5.69 Å². The van der Waals surface area contributed by atoms with Gasteiger partial charge in [-0.3, -0.25) is 19.8 Å². The van der Waals surface area contributed by atoms with Crippen LogP contribution >= 0.6 is 24.8 Å². The van der Waals surface area contributed by atoms with Crippen LogP contribution in [-0.4, -0.2) is 48.5 Å². The second kappa shape index (κ2) is 9.58. The summed E-state index contributed by atoms with van der Waals surface area (Å²) in [6, 6.07) is 4.43. The molecule has 0 spiro atoms. The molecule has 7 nitrogen and oxygen atoms in total. The van der Waals surface area contributed by atoms with Crippen molar-refractivity contribution in [2.45, 2.75) is 6.92 Å². The molecule has 1 aliphatic heterocycles. The van der Waals surface area contributed by atoms with Gasteiger partial charge in [-0.15, -0.1) is 24.8 Å². The molecular formula is C13H20Cl2N4O3. The van der Waals surface area contributed by atoms with Crippen LogP contribution in [0.1, 0.15) is 5.56 Å². The Kier molecular flexibility index (Phi) is 8.96. The molecule has 0 aromatic heterocycles. The summed E-state index contributed by atoms with van der Waals surface area (Å²) in [5.74, 6) is -0.0937. The predicted octanol–water partition coefficient (Wildman–Crippen LogP) is 1.59. The van der Waals surface area contributed by atoms with Crippen molar-refractivity contribution in [1.82, 2.24) is 10.2 Å². The summed E-state index contributed by atoms with van der Waals surface area (Å²) >= 11 is 0. The maximum Gasteiger partial charge on any atom is 0.269 e. The molecule has 2 rings (SSSR count). The van der Waals surface area contributed by atoms with E-state index in [2.05, 4.69) is 15.5 Å². The fourth-order valence-corrected chi connectivity index (χ4v) is 2.16. The van der Waals surface area contributed by atoms with Gasteiger partial charge in [0.15, 0.2) is 0 Å². The molecule has 0 bridgehead atoms. The van der Waals surface area contributed by atoms with Gasteiger partial charge in [-0.1, -0.05) is 0 Å². The van der Waals surface area contributed by atoms with E-state index in [0.29, 0.717) is 17.8 Å². The molecule has 1 heterocycles. The topological polar surface area (TPSA) is 87.5 Å². The number of anilines is 1. The lowest BCUT2D eigenvalue weighted by Gasteiger charge is -2.26. The third-order valence-electron chi connectivity index (χ3n) is 3.27. The number of benzene rings is 1. The standard InChI is InChI=1S/C13H18N4O3.2ClH/c1-10-8-11(17(19)20)2-3-12(10)15-13(18)9-16-6-4-14-5-7-16;;/h2-3,8,14H,4-7,9H2,1H3,(H,15,18);2*1H. The van der Waals surface area contributed by atoms with E-state index < -0.39 is 4.92 Å².